The van der Waals surface area contributed by atoms with E-state index in [4.69, 9.17) is 4.74 Å². The molecule has 1 saturated carbocycles. The van der Waals surface area contributed by atoms with Crippen molar-refractivity contribution in [2.24, 2.45) is 5.92 Å². The first-order valence-electron chi connectivity index (χ1n) is 16.2. The van der Waals surface area contributed by atoms with Gasteiger partial charge in [-0.1, -0.05) is 26.3 Å². The monoisotopic (exact) mass is 689 g/mol. The summed E-state index contributed by atoms with van der Waals surface area (Å²) in [4.78, 5) is 12.9. The molecule has 2 aromatic heterocycles. The molecule has 0 spiro atoms. The number of nitriles is 1. The second-order valence-electron chi connectivity index (χ2n) is 13.2. The van der Waals surface area contributed by atoms with Crippen LogP contribution in [0.2, 0.25) is 0 Å². The van der Waals surface area contributed by atoms with Crippen LogP contribution in [-0.4, -0.2) is 60.9 Å². The Labute approximate surface area is 279 Å². The van der Waals surface area contributed by atoms with Gasteiger partial charge >= 0.3 is 12.2 Å². The van der Waals surface area contributed by atoms with E-state index in [2.05, 4.69) is 14.9 Å². The van der Waals surface area contributed by atoms with Crippen molar-refractivity contribution in [3.8, 4) is 23.2 Å². The van der Waals surface area contributed by atoms with E-state index in [0.29, 0.717) is 29.9 Å². The molecule has 6 nitrogen and oxygen atoms in total. The van der Waals surface area contributed by atoms with Crippen LogP contribution in [0.15, 0.2) is 18.2 Å². The molecule has 2 saturated heterocycles. The Morgan fingerprint density at radius 2 is 1.90 bits per heavy atom. The molecule has 3 aliphatic rings. The summed E-state index contributed by atoms with van der Waals surface area (Å²) in [6.07, 6.45) is 0.918. The summed E-state index contributed by atoms with van der Waals surface area (Å²) in [5.74, 6) is -1.64. The highest BCUT2D eigenvalue weighted by molar-refractivity contribution is 7.19. The van der Waals surface area contributed by atoms with E-state index in [1.54, 1.807) is 25.8 Å². The Kier molecular flexibility index (Phi) is 9.52. The van der Waals surface area contributed by atoms with Crippen LogP contribution in [0.1, 0.15) is 74.3 Å². The first-order chi connectivity index (χ1) is 22.8. The summed E-state index contributed by atoms with van der Waals surface area (Å²) in [6.45, 7) is 5.99. The van der Waals surface area contributed by atoms with Crippen molar-refractivity contribution >= 4 is 38.1 Å². The lowest BCUT2D eigenvalue weighted by Crippen LogP contribution is -2.30. The van der Waals surface area contributed by atoms with Crippen LogP contribution in [0.4, 0.5) is 32.2 Å². The summed E-state index contributed by atoms with van der Waals surface area (Å²) in [5, 5.41) is 9.77. The largest absolute Gasteiger partial charge is 0.467 e. The Morgan fingerprint density at radius 1 is 1.15 bits per heavy atom. The summed E-state index contributed by atoms with van der Waals surface area (Å²) in [6, 6.07) is 5.37. The lowest BCUT2D eigenvalue weighted by atomic mass is 9.85. The molecule has 2 aliphatic heterocycles. The standard InChI is InChI=1S/C28H25F5N4OS.C7H12FN/c1-13(2)24-17(11-34)20-15(8-9-19(29)25(20)39-24)21-18(28(31,32)33)10-16-23(22(21)30)35-27(38-4)36-26(16)37(3)12-14-6-5-7-14;8-6-4-7-2-1-3-9(7)5-6/h8-10,13-14H,5-7,12H2,1-4H3;6-7H,1-5H2/t;6-,7?/m.1/s1. The van der Waals surface area contributed by atoms with Crippen molar-refractivity contribution in [1.29, 1.82) is 5.26 Å². The van der Waals surface area contributed by atoms with Gasteiger partial charge in [0.15, 0.2) is 5.82 Å². The summed E-state index contributed by atoms with van der Waals surface area (Å²) >= 11 is 0.987. The van der Waals surface area contributed by atoms with Gasteiger partial charge in [-0.2, -0.15) is 28.4 Å². The zero-order chi connectivity index (χ0) is 34.5. The molecular formula is C35H37F6N5OS. The Balaban J connectivity index is 0.000000381. The van der Waals surface area contributed by atoms with Gasteiger partial charge in [0.2, 0.25) is 0 Å². The normalized spacial score (nSPS) is 19.7. The second-order valence-corrected chi connectivity index (χ2v) is 14.3. The van der Waals surface area contributed by atoms with Gasteiger partial charge in [-0.3, -0.25) is 4.90 Å². The van der Waals surface area contributed by atoms with E-state index in [0.717, 1.165) is 61.8 Å². The van der Waals surface area contributed by atoms with Gasteiger partial charge in [-0.15, -0.1) is 11.3 Å². The number of methoxy groups -OCH3 is 1. The minimum atomic E-state index is -4.97. The molecule has 48 heavy (non-hydrogen) atoms. The van der Waals surface area contributed by atoms with E-state index in [1.807, 2.05) is 6.07 Å². The third-order valence-corrected chi connectivity index (χ3v) is 11.2. The third-order valence-electron chi connectivity index (χ3n) is 9.68. The molecule has 0 bridgehead atoms. The van der Waals surface area contributed by atoms with E-state index in [9.17, 15) is 27.2 Å². The van der Waals surface area contributed by atoms with Crippen molar-refractivity contribution in [1.82, 2.24) is 14.9 Å². The predicted octanol–water partition coefficient (Wildman–Crippen LogP) is 9.24. The van der Waals surface area contributed by atoms with Gasteiger partial charge in [-0.05, 0) is 68.2 Å². The van der Waals surface area contributed by atoms with Gasteiger partial charge in [0, 0.05) is 47.4 Å². The predicted molar refractivity (Wildman–Crippen MR) is 175 cm³/mol. The fraction of sp³-hybridized carbons (Fsp3) is 0.514. The van der Waals surface area contributed by atoms with Crippen molar-refractivity contribution in [3.05, 3.63) is 45.8 Å². The van der Waals surface area contributed by atoms with Crippen LogP contribution in [0, 0.1) is 28.9 Å². The lowest BCUT2D eigenvalue weighted by Gasteiger charge is -2.31. The molecule has 0 amide bonds. The third kappa shape index (κ3) is 6.29. The highest BCUT2D eigenvalue weighted by Gasteiger charge is 2.39. The molecule has 2 atom stereocenters. The zero-order valence-corrected chi connectivity index (χ0v) is 28.0. The van der Waals surface area contributed by atoms with E-state index >= 15 is 4.39 Å². The average molecular weight is 690 g/mol. The molecule has 3 fully saturated rings. The number of fused-ring (bicyclic) bond motifs is 3. The Morgan fingerprint density at radius 3 is 2.50 bits per heavy atom. The number of hydrogen-bond acceptors (Lipinski definition) is 7. The lowest BCUT2D eigenvalue weighted by molar-refractivity contribution is -0.137. The van der Waals surface area contributed by atoms with Crippen LogP contribution in [0.5, 0.6) is 6.01 Å². The number of benzene rings is 2. The maximum Gasteiger partial charge on any atom is 0.417 e. The first kappa shape index (κ1) is 34.2. The average Bonchev–Trinajstić information content (AvgIpc) is 3.72. The van der Waals surface area contributed by atoms with E-state index < -0.39 is 35.1 Å². The van der Waals surface area contributed by atoms with Gasteiger partial charge in [0.25, 0.3) is 0 Å². The van der Waals surface area contributed by atoms with E-state index in [-0.39, 0.29) is 49.9 Å². The molecule has 4 heterocycles. The molecule has 4 aromatic rings. The molecule has 1 unspecified atom stereocenters. The fourth-order valence-electron chi connectivity index (χ4n) is 7.15. The van der Waals surface area contributed by atoms with Gasteiger partial charge in [0.05, 0.1) is 22.9 Å². The van der Waals surface area contributed by atoms with Gasteiger partial charge in [0.1, 0.15) is 29.4 Å². The number of halogens is 6. The maximum absolute atomic E-state index is 16.4. The molecular weight excluding hydrogens is 652 g/mol. The van der Waals surface area contributed by atoms with Gasteiger partial charge < -0.3 is 9.64 Å². The number of anilines is 1. The minimum absolute atomic E-state index is 0.00144. The summed E-state index contributed by atoms with van der Waals surface area (Å²) in [7, 11) is 2.99. The van der Waals surface area contributed by atoms with E-state index in [1.165, 1.54) is 20.0 Å². The van der Waals surface area contributed by atoms with Crippen LogP contribution >= 0.6 is 11.3 Å². The molecule has 13 heteroatoms. The molecule has 0 radical (unpaired) electrons. The Hall–Kier alpha value is -3.63. The first-order valence-corrected chi connectivity index (χ1v) is 17.0. The van der Waals surface area contributed by atoms with Crippen molar-refractivity contribution < 1.29 is 31.1 Å². The van der Waals surface area contributed by atoms with Crippen LogP contribution in [0.25, 0.3) is 32.1 Å². The van der Waals surface area contributed by atoms with Crippen molar-refractivity contribution in [3.63, 3.8) is 0 Å². The molecule has 2 aromatic carbocycles. The smallest absolute Gasteiger partial charge is 0.417 e. The number of nitrogens with zero attached hydrogens (tertiary/aromatic N) is 5. The van der Waals surface area contributed by atoms with Crippen molar-refractivity contribution in [2.75, 3.05) is 38.7 Å². The number of aromatic nitrogens is 2. The Bertz CT molecular complexity index is 1870. The fourth-order valence-corrected chi connectivity index (χ4v) is 8.34. The number of ether oxygens (including phenoxy) is 1. The number of thiophene rings is 1. The number of alkyl halides is 4. The highest BCUT2D eigenvalue weighted by Crippen LogP contribution is 2.48. The summed E-state index contributed by atoms with van der Waals surface area (Å²) < 4.78 is 92.9. The SMILES string of the molecule is COc1nc(N(C)CC2CCC2)c2cc(C(F)(F)F)c(-c3ccc(F)c4sc(C(C)C)c(C#N)c34)c(F)c2n1.F[C@@H]1CC2CCCN2C1. The quantitative estimate of drug-likeness (QED) is 0.188. The van der Waals surface area contributed by atoms with Gasteiger partial charge in [-0.25, -0.2) is 13.2 Å². The zero-order valence-electron chi connectivity index (χ0n) is 27.2. The minimum Gasteiger partial charge on any atom is -0.467 e. The number of rotatable bonds is 6. The van der Waals surface area contributed by atoms with Crippen LogP contribution in [-0.2, 0) is 6.18 Å². The summed E-state index contributed by atoms with van der Waals surface area (Å²) in [5.41, 5.74) is -2.59. The maximum atomic E-state index is 16.4. The molecule has 1 aliphatic carbocycles. The highest BCUT2D eigenvalue weighted by atomic mass is 32.1. The van der Waals surface area contributed by atoms with Crippen LogP contribution in [0.3, 0.4) is 0 Å². The molecule has 256 valence electrons. The number of hydrogen-bond donors (Lipinski definition) is 0. The second kappa shape index (κ2) is 13.3. The van der Waals surface area contributed by atoms with Crippen molar-refractivity contribution in [2.45, 2.75) is 76.7 Å². The topological polar surface area (TPSA) is 65.3 Å². The molecule has 0 N–H and O–H groups in total. The van der Waals surface area contributed by atoms with Crippen LogP contribution < -0.4 is 9.64 Å². The molecule has 7 rings (SSSR count).